The molecule has 1 atom stereocenters. The summed E-state index contributed by atoms with van der Waals surface area (Å²) in [6, 6.07) is 6.84. The molecule has 0 radical (unpaired) electrons. The summed E-state index contributed by atoms with van der Waals surface area (Å²) in [5.74, 6) is -0.308. The molecular formula is C27H48N2O2. The number of rotatable bonds is 20. The summed E-state index contributed by atoms with van der Waals surface area (Å²) in [6.45, 7) is 2.76. The zero-order valence-electron chi connectivity index (χ0n) is 20.1. The lowest BCUT2D eigenvalue weighted by Gasteiger charge is -2.12. The van der Waals surface area contributed by atoms with E-state index >= 15 is 0 Å². The van der Waals surface area contributed by atoms with Crippen LogP contribution in [0.15, 0.2) is 24.3 Å². The second kappa shape index (κ2) is 19.2. The Morgan fingerprint density at radius 1 is 0.742 bits per heavy atom. The summed E-state index contributed by atoms with van der Waals surface area (Å²) in [4.78, 5) is 12.0. The lowest BCUT2D eigenvalue weighted by molar-refractivity contribution is -0.145. The van der Waals surface area contributed by atoms with Crippen LogP contribution in [0.25, 0.3) is 0 Å². The Labute approximate surface area is 191 Å². The SMILES string of the molecule is CCCCCCCCCCCCCCCCCCOC(=O)C(N)Cc1ccc(N)cc1. The minimum absolute atomic E-state index is 0.308. The summed E-state index contributed by atoms with van der Waals surface area (Å²) >= 11 is 0. The van der Waals surface area contributed by atoms with Crippen molar-refractivity contribution >= 4 is 11.7 Å². The van der Waals surface area contributed by atoms with Crippen molar-refractivity contribution < 1.29 is 9.53 Å². The van der Waals surface area contributed by atoms with Crippen molar-refractivity contribution in [3.05, 3.63) is 29.8 Å². The van der Waals surface area contributed by atoms with Gasteiger partial charge in [0.2, 0.25) is 0 Å². The average molecular weight is 433 g/mol. The van der Waals surface area contributed by atoms with E-state index in [1.54, 1.807) is 0 Å². The fourth-order valence-electron chi connectivity index (χ4n) is 3.92. The molecule has 0 saturated heterocycles. The predicted molar refractivity (Wildman–Crippen MR) is 133 cm³/mol. The molecule has 4 heteroatoms. The standard InChI is InChI=1S/C27H48N2O2/c1-2-3-4-5-6-7-8-9-10-11-12-13-14-15-16-17-22-31-27(30)26(29)23-24-18-20-25(28)21-19-24/h18-21,26H,2-17,22-23,28-29H2,1H3. The number of ether oxygens (including phenoxy) is 1. The van der Waals surface area contributed by atoms with Gasteiger partial charge in [-0.1, -0.05) is 115 Å². The van der Waals surface area contributed by atoms with Gasteiger partial charge in [0.1, 0.15) is 6.04 Å². The van der Waals surface area contributed by atoms with E-state index in [4.69, 9.17) is 16.2 Å². The number of anilines is 1. The summed E-state index contributed by atoms with van der Waals surface area (Å²) in [5.41, 5.74) is 13.3. The number of carbonyl (C=O) groups excluding carboxylic acids is 1. The molecule has 1 aromatic rings. The molecule has 0 heterocycles. The van der Waals surface area contributed by atoms with Crippen LogP contribution in [0.1, 0.15) is 115 Å². The van der Waals surface area contributed by atoms with Gasteiger partial charge in [-0.2, -0.15) is 0 Å². The molecule has 0 saturated carbocycles. The Balaban J connectivity index is 1.83. The molecule has 0 aliphatic carbocycles. The minimum atomic E-state index is -0.607. The fraction of sp³-hybridized carbons (Fsp3) is 0.741. The Morgan fingerprint density at radius 3 is 1.61 bits per heavy atom. The molecule has 0 amide bonds. The van der Waals surface area contributed by atoms with E-state index in [9.17, 15) is 4.79 Å². The van der Waals surface area contributed by atoms with Crippen LogP contribution in [-0.4, -0.2) is 18.6 Å². The van der Waals surface area contributed by atoms with Crippen molar-refractivity contribution in [2.75, 3.05) is 12.3 Å². The summed E-state index contributed by atoms with van der Waals surface area (Å²) in [6.07, 6.45) is 21.9. The highest BCUT2D eigenvalue weighted by Crippen LogP contribution is 2.14. The summed E-state index contributed by atoms with van der Waals surface area (Å²) in [7, 11) is 0. The molecule has 0 aliphatic heterocycles. The number of hydrogen-bond acceptors (Lipinski definition) is 4. The maximum absolute atomic E-state index is 12.0. The number of benzene rings is 1. The van der Waals surface area contributed by atoms with Gasteiger partial charge in [-0.25, -0.2) is 0 Å². The highest BCUT2D eigenvalue weighted by molar-refractivity contribution is 5.75. The van der Waals surface area contributed by atoms with Crippen LogP contribution in [0.4, 0.5) is 5.69 Å². The number of hydrogen-bond donors (Lipinski definition) is 2. The highest BCUT2D eigenvalue weighted by atomic mass is 16.5. The first-order valence-electron chi connectivity index (χ1n) is 12.9. The van der Waals surface area contributed by atoms with Crippen molar-refractivity contribution in [2.45, 2.75) is 122 Å². The molecule has 1 unspecified atom stereocenters. The predicted octanol–water partition coefficient (Wildman–Crippen LogP) is 6.94. The van der Waals surface area contributed by atoms with Crippen LogP contribution in [-0.2, 0) is 16.0 Å². The van der Waals surface area contributed by atoms with Gasteiger partial charge < -0.3 is 16.2 Å². The lowest BCUT2D eigenvalue weighted by atomic mass is 10.0. The molecule has 1 rings (SSSR count). The Hall–Kier alpha value is -1.55. The average Bonchev–Trinajstić information content (AvgIpc) is 2.77. The number of nitrogen functional groups attached to an aromatic ring is 1. The summed E-state index contributed by atoms with van der Waals surface area (Å²) < 4.78 is 5.33. The minimum Gasteiger partial charge on any atom is -0.465 e. The van der Waals surface area contributed by atoms with Gasteiger partial charge in [0.05, 0.1) is 6.61 Å². The van der Waals surface area contributed by atoms with Gasteiger partial charge in [0.15, 0.2) is 0 Å². The van der Waals surface area contributed by atoms with Crippen LogP contribution in [0, 0.1) is 0 Å². The Morgan fingerprint density at radius 2 is 1.16 bits per heavy atom. The maximum atomic E-state index is 12.0. The van der Waals surface area contributed by atoms with Crippen LogP contribution < -0.4 is 11.5 Å². The smallest absolute Gasteiger partial charge is 0.323 e. The number of unbranched alkanes of at least 4 members (excludes halogenated alkanes) is 15. The molecule has 178 valence electrons. The third kappa shape index (κ3) is 15.8. The molecule has 1 aromatic carbocycles. The van der Waals surface area contributed by atoms with Gasteiger partial charge in [0, 0.05) is 5.69 Å². The molecule has 0 aromatic heterocycles. The normalized spacial score (nSPS) is 12.1. The first-order valence-corrected chi connectivity index (χ1v) is 12.9. The van der Waals surface area contributed by atoms with Crippen molar-refractivity contribution in [3.8, 4) is 0 Å². The molecule has 0 fully saturated rings. The monoisotopic (exact) mass is 432 g/mol. The third-order valence-corrected chi connectivity index (χ3v) is 5.98. The van der Waals surface area contributed by atoms with E-state index < -0.39 is 6.04 Å². The van der Waals surface area contributed by atoms with E-state index in [-0.39, 0.29) is 5.97 Å². The Bertz CT molecular complexity index is 545. The first kappa shape index (κ1) is 27.5. The van der Waals surface area contributed by atoms with Crippen LogP contribution in [0.3, 0.4) is 0 Å². The lowest BCUT2D eigenvalue weighted by Crippen LogP contribution is -2.34. The Kier molecular flexibility index (Phi) is 17.0. The number of nitrogens with two attached hydrogens (primary N) is 2. The van der Waals surface area contributed by atoms with E-state index in [1.165, 1.54) is 89.9 Å². The molecular weight excluding hydrogens is 384 g/mol. The fourth-order valence-corrected chi connectivity index (χ4v) is 3.92. The first-order chi connectivity index (χ1) is 15.1. The number of esters is 1. The molecule has 4 N–H and O–H groups in total. The third-order valence-electron chi connectivity index (χ3n) is 5.98. The molecule has 0 bridgehead atoms. The van der Waals surface area contributed by atoms with E-state index in [1.807, 2.05) is 24.3 Å². The van der Waals surface area contributed by atoms with E-state index in [0.717, 1.165) is 18.4 Å². The second-order valence-electron chi connectivity index (χ2n) is 9.02. The zero-order valence-corrected chi connectivity index (χ0v) is 20.1. The van der Waals surface area contributed by atoms with Crippen molar-refractivity contribution in [3.63, 3.8) is 0 Å². The quantitative estimate of drug-likeness (QED) is 0.133. The topological polar surface area (TPSA) is 78.3 Å². The van der Waals surface area contributed by atoms with Crippen LogP contribution >= 0.6 is 0 Å². The van der Waals surface area contributed by atoms with Gasteiger partial charge in [-0.15, -0.1) is 0 Å². The molecule has 4 nitrogen and oxygen atoms in total. The van der Waals surface area contributed by atoms with Crippen molar-refractivity contribution in [1.82, 2.24) is 0 Å². The zero-order chi connectivity index (χ0) is 22.6. The van der Waals surface area contributed by atoms with Crippen LogP contribution in [0.2, 0.25) is 0 Å². The molecule has 0 spiro atoms. The van der Waals surface area contributed by atoms with Gasteiger partial charge in [0.25, 0.3) is 0 Å². The number of carbonyl (C=O) groups is 1. The molecule has 0 aliphatic rings. The highest BCUT2D eigenvalue weighted by Gasteiger charge is 2.15. The van der Waals surface area contributed by atoms with Crippen LogP contribution in [0.5, 0.6) is 0 Å². The molecule has 31 heavy (non-hydrogen) atoms. The van der Waals surface area contributed by atoms with E-state index in [2.05, 4.69) is 6.92 Å². The van der Waals surface area contributed by atoms with Gasteiger partial charge >= 0.3 is 5.97 Å². The van der Waals surface area contributed by atoms with Gasteiger partial charge in [-0.05, 0) is 30.5 Å². The van der Waals surface area contributed by atoms with Crippen molar-refractivity contribution in [2.24, 2.45) is 5.73 Å². The van der Waals surface area contributed by atoms with Gasteiger partial charge in [-0.3, -0.25) is 4.79 Å². The second-order valence-corrected chi connectivity index (χ2v) is 9.02. The summed E-state index contributed by atoms with van der Waals surface area (Å²) in [5, 5.41) is 0. The van der Waals surface area contributed by atoms with Crippen molar-refractivity contribution in [1.29, 1.82) is 0 Å². The van der Waals surface area contributed by atoms with E-state index in [0.29, 0.717) is 18.7 Å². The maximum Gasteiger partial charge on any atom is 0.323 e. The largest absolute Gasteiger partial charge is 0.465 e.